The smallest absolute Gasteiger partial charge is 0.277 e. The molecule has 0 atom stereocenters. The lowest BCUT2D eigenvalue weighted by molar-refractivity contribution is 0.101. The number of aromatic nitrogens is 1. The van der Waals surface area contributed by atoms with E-state index in [1.807, 2.05) is 18.2 Å². The molecular formula is C17H12Cl2N2O3. The van der Waals surface area contributed by atoms with Crippen molar-refractivity contribution in [2.75, 3.05) is 12.4 Å². The first-order chi connectivity index (χ1) is 11.6. The maximum Gasteiger partial charge on any atom is 0.277 e. The Morgan fingerprint density at radius 3 is 2.79 bits per heavy atom. The molecule has 0 spiro atoms. The van der Waals surface area contributed by atoms with E-state index in [1.54, 1.807) is 37.4 Å². The minimum atomic E-state index is -0.447. The van der Waals surface area contributed by atoms with Gasteiger partial charge in [-0.2, -0.15) is 0 Å². The normalized spacial score (nSPS) is 10.5. The zero-order valence-corrected chi connectivity index (χ0v) is 14.1. The number of hydrogen-bond donors (Lipinski definition) is 1. The number of carbonyl (C=O) groups excluding carboxylic acids is 1. The van der Waals surface area contributed by atoms with E-state index in [9.17, 15) is 4.79 Å². The molecule has 3 rings (SSSR count). The molecule has 24 heavy (non-hydrogen) atoms. The largest absolute Gasteiger partial charge is 0.497 e. The maximum absolute atomic E-state index is 12.3. The molecule has 0 unspecified atom stereocenters. The van der Waals surface area contributed by atoms with Gasteiger partial charge in [-0.1, -0.05) is 40.5 Å². The third-order valence-corrected chi connectivity index (χ3v) is 3.84. The highest BCUT2D eigenvalue weighted by atomic mass is 35.5. The van der Waals surface area contributed by atoms with E-state index < -0.39 is 5.91 Å². The fourth-order valence-electron chi connectivity index (χ4n) is 2.07. The molecule has 1 aromatic heterocycles. The molecule has 0 bridgehead atoms. The van der Waals surface area contributed by atoms with Crippen molar-refractivity contribution >= 4 is 34.8 Å². The standard InChI is InChI=1S/C17H12Cl2N2O3/c1-23-12-4-2-3-10(7-12)16-9-15(21-24-16)17(22)20-14-8-11(18)5-6-13(14)19/h2-9H,1H3,(H,20,22). The first-order valence-corrected chi connectivity index (χ1v) is 7.70. The van der Waals surface area contributed by atoms with Gasteiger partial charge in [-0.15, -0.1) is 0 Å². The second-order valence-corrected chi connectivity index (χ2v) is 5.73. The lowest BCUT2D eigenvalue weighted by atomic mass is 10.1. The number of benzene rings is 2. The molecule has 7 heteroatoms. The van der Waals surface area contributed by atoms with Crippen molar-refractivity contribution in [2.45, 2.75) is 0 Å². The first kappa shape index (κ1) is 16.4. The highest BCUT2D eigenvalue weighted by Crippen LogP contribution is 2.27. The van der Waals surface area contributed by atoms with Gasteiger partial charge < -0.3 is 14.6 Å². The van der Waals surface area contributed by atoms with Crippen LogP contribution >= 0.6 is 23.2 Å². The summed E-state index contributed by atoms with van der Waals surface area (Å²) >= 11 is 11.9. The highest BCUT2D eigenvalue weighted by molar-refractivity contribution is 6.35. The SMILES string of the molecule is COc1cccc(-c2cc(C(=O)Nc3cc(Cl)ccc3Cl)no2)c1. The quantitative estimate of drug-likeness (QED) is 0.715. The van der Waals surface area contributed by atoms with E-state index in [4.69, 9.17) is 32.5 Å². The molecule has 0 fully saturated rings. The molecule has 5 nitrogen and oxygen atoms in total. The summed E-state index contributed by atoms with van der Waals surface area (Å²) in [7, 11) is 1.58. The zero-order chi connectivity index (χ0) is 17.1. The lowest BCUT2D eigenvalue weighted by Gasteiger charge is -2.05. The Morgan fingerprint density at radius 2 is 2.00 bits per heavy atom. The Kier molecular flexibility index (Phi) is 4.74. The molecule has 0 saturated heterocycles. The lowest BCUT2D eigenvalue weighted by Crippen LogP contribution is -2.12. The number of hydrogen-bond acceptors (Lipinski definition) is 4. The molecule has 0 radical (unpaired) electrons. The van der Waals surface area contributed by atoms with Crippen LogP contribution in [0.15, 0.2) is 53.1 Å². The van der Waals surface area contributed by atoms with Gasteiger partial charge in [-0.25, -0.2) is 0 Å². The van der Waals surface area contributed by atoms with Crippen molar-refractivity contribution < 1.29 is 14.1 Å². The van der Waals surface area contributed by atoms with Crippen LogP contribution in [-0.2, 0) is 0 Å². The summed E-state index contributed by atoms with van der Waals surface area (Å²) in [6.45, 7) is 0. The average Bonchev–Trinajstić information content (AvgIpc) is 3.08. The van der Waals surface area contributed by atoms with Crippen LogP contribution in [0.25, 0.3) is 11.3 Å². The van der Waals surface area contributed by atoms with Crippen LogP contribution in [0.2, 0.25) is 10.0 Å². The second-order valence-electron chi connectivity index (χ2n) is 4.89. The number of nitrogens with one attached hydrogen (secondary N) is 1. The molecule has 0 aliphatic heterocycles. The summed E-state index contributed by atoms with van der Waals surface area (Å²) in [5, 5.41) is 7.29. The summed E-state index contributed by atoms with van der Waals surface area (Å²) in [5.41, 5.74) is 1.28. The number of carbonyl (C=O) groups is 1. The van der Waals surface area contributed by atoms with E-state index >= 15 is 0 Å². The van der Waals surface area contributed by atoms with E-state index in [0.29, 0.717) is 27.2 Å². The first-order valence-electron chi connectivity index (χ1n) is 6.94. The van der Waals surface area contributed by atoms with Crippen LogP contribution in [0, 0.1) is 0 Å². The highest BCUT2D eigenvalue weighted by Gasteiger charge is 2.15. The molecule has 0 saturated carbocycles. The number of ether oxygens (including phenoxy) is 1. The van der Waals surface area contributed by atoms with Gasteiger partial charge in [0.1, 0.15) is 5.75 Å². The van der Waals surface area contributed by atoms with Crippen LogP contribution in [0.1, 0.15) is 10.5 Å². The molecule has 0 aliphatic carbocycles. The van der Waals surface area contributed by atoms with Gasteiger partial charge in [0.15, 0.2) is 11.5 Å². The maximum atomic E-state index is 12.3. The Labute approximate surface area is 148 Å². The molecule has 2 aromatic carbocycles. The number of nitrogens with zero attached hydrogens (tertiary/aromatic N) is 1. The number of rotatable bonds is 4. The summed E-state index contributed by atoms with van der Waals surface area (Å²) in [4.78, 5) is 12.3. The van der Waals surface area contributed by atoms with Gasteiger partial charge in [0, 0.05) is 16.7 Å². The summed E-state index contributed by atoms with van der Waals surface area (Å²) in [6, 6.07) is 13.6. The third-order valence-electron chi connectivity index (χ3n) is 3.27. The minimum Gasteiger partial charge on any atom is -0.497 e. The fraction of sp³-hybridized carbons (Fsp3) is 0.0588. The molecular weight excluding hydrogens is 351 g/mol. The summed E-state index contributed by atoms with van der Waals surface area (Å²) < 4.78 is 10.4. The van der Waals surface area contributed by atoms with Crippen LogP contribution in [-0.4, -0.2) is 18.2 Å². The van der Waals surface area contributed by atoms with Gasteiger partial charge in [-0.05, 0) is 30.3 Å². The molecule has 1 heterocycles. The Hall–Kier alpha value is -2.50. The Bertz CT molecular complexity index is 893. The molecule has 3 aromatic rings. The topological polar surface area (TPSA) is 64.4 Å². The van der Waals surface area contributed by atoms with Gasteiger partial charge in [0.05, 0.1) is 17.8 Å². The zero-order valence-electron chi connectivity index (χ0n) is 12.5. The van der Waals surface area contributed by atoms with Gasteiger partial charge in [-0.3, -0.25) is 4.79 Å². The van der Waals surface area contributed by atoms with E-state index in [2.05, 4.69) is 10.5 Å². The van der Waals surface area contributed by atoms with Crippen molar-refractivity contribution in [1.29, 1.82) is 0 Å². The second kappa shape index (κ2) is 6.95. The number of amides is 1. The fourth-order valence-corrected chi connectivity index (χ4v) is 2.41. The molecule has 0 aliphatic rings. The summed E-state index contributed by atoms with van der Waals surface area (Å²) in [6.07, 6.45) is 0. The van der Waals surface area contributed by atoms with Crippen molar-refractivity contribution in [3.63, 3.8) is 0 Å². The molecule has 1 amide bonds. The van der Waals surface area contributed by atoms with Crippen LogP contribution < -0.4 is 10.1 Å². The average molecular weight is 363 g/mol. The minimum absolute atomic E-state index is 0.129. The third kappa shape index (κ3) is 3.53. The summed E-state index contributed by atoms with van der Waals surface area (Å²) in [5.74, 6) is 0.689. The molecule has 122 valence electrons. The van der Waals surface area contributed by atoms with Crippen molar-refractivity contribution in [1.82, 2.24) is 5.16 Å². The monoisotopic (exact) mass is 362 g/mol. The van der Waals surface area contributed by atoms with Gasteiger partial charge in [0.25, 0.3) is 5.91 Å². The predicted octanol–water partition coefficient (Wildman–Crippen LogP) is 4.91. The van der Waals surface area contributed by atoms with Gasteiger partial charge >= 0.3 is 0 Å². The van der Waals surface area contributed by atoms with Crippen molar-refractivity contribution in [3.8, 4) is 17.1 Å². The van der Waals surface area contributed by atoms with Gasteiger partial charge in [0.2, 0.25) is 0 Å². The van der Waals surface area contributed by atoms with E-state index in [0.717, 1.165) is 5.56 Å². The van der Waals surface area contributed by atoms with Crippen molar-refractivity contribution in [2.24, 2.45) is 0 Å². The predicted molar refractivity (Wildman–Crippen MR) is 92.9 cm³/mol. The Balaban J connectivity index is 1.82. The number of anilines is 1. The number of halogens is 2. The van der Waals surface area contributed by atoms with Crippen molar-refractivity contribution in [3.05, 3.63) is 64.3 Å². The van der Waals surface area contributed by atoms with Crippen LogP contribution in [0.4, 0.5) is 5.69 Å². The van der Waals surface area contributed by atoms with Crippen LogP contribution in [0.5, 0.6) is 5.75 Å². The van der Waals surface area contributed by atoms with E-state index in [1.165, 1.54) is 0 Å². The number of methoxy groups -OCH3 is 1. The Morgan fingerprint density at radius 1 is 1.17 bits per heavy atom. The molecule has 1 N–H and O–H groups in total. The van der Waals surface area contributed by atoms with E-state index in [-0.39, 0.29) is 5.69 Å². The van der Waals surface area contributed by atoms with Crippen LogP contribution in [0.3, 0.4) is 0 Å².